The monoisotopic (exact) mass is 320 g/mol. The molecule has 0 N–H and O–H groups in total. The standard InChI is InChI=1S/C18H24O5/c1-4-8-15(20-3)13-16(18(2)21-11-12-22-18)23-17(19)14-9-6-5-7-10-14/h4-7,9-10,15-16H,1,8,11-13H2,2-3H3/t15-,16-/m0/s1. The van der Waals surface area contributed by atoms with E-state index in [1.54, 1.807) is 44.4 Å². The number of hydrogen-bond acceptors (Lipinski definition) is 5. The molecule has 1 fully saturated rings. The van der Waals surface area contributed by atoms with E-state index in [0.717, 1.165) is 0 Å². The lowest BCUT2D eigenvalue weighted by atomic mass is 10.0. The van der Waals surface area contributed by atoms with Crippen LogP contribution in [0.15, 0.2) is 43.0 Å². The molecule has 0 aromatic heterocycles. The molecule has 1 aromatic carbocycles. The van der Waals surface area contributed by atoms with Crippen LogP contribution in [0.1, 0.15) is 30.1 Å². The summed E-state index contributed by atoms with van der Waals surface area (Å²) in [5.41, 5.74) is 0.497. The first kappa shape index (κ1) is 17.7. The van der Waals surface area contributed by atoms with Crippen molar-refractivity contribution in [2.75, 3.05) is 20.3 Å². The second-order valence-electron chi connectivity index (χ2n) is 5.59. The SMILES string of the molecule is C=CC[C@@H](C[C@H](OC(=O)c1ccccc1)C1(C)OCCO1)OC. The van der Waals surface area contributed by atoms with Crippen molar-refractivity contribution < 1.29 is 23.7 Å². The summed E-state index contributed by atoms with van der Waals surface area (Å²) in [6.45, 7) is 6.49. The Morgan fingerprint density at radius 3 is 2.57 bits per heavy atom. The van der Waals surface area contributed by atoms with Gasteiger partial charge in [0.1, 0.15) is 0 Å². The zero-order chi connectivity index (χ0) is 16.7. The van der Waals surface area contributed by atoms with Gasteiger partial charge in [0.05, 0.1) is 24.9 Å². The predicted molar refractivity (Wildman–Crippen MR) is 86.2 cm³/mol. The van der Waals surface area contributed by atoms with Gasteiger partial charge in [0.25, 0.3) is 0 Å². The summed E-state index contributed by atoms with van der Waals surface area (Å²) in [5, 5.41) is 0. The maximum atomic E-state index is 12.4. The molecule has 0 bridgehead atoms. The van der Waals surface area contributed by atoms with E-state index in [2.05, 4.69) is 6.58 Å². The van der Waals surface area contributed by atoms with Crippen LogP contribution < -0.4 is 0 Å². The number of esters is 1. The van der Waals surface area contributed by atoms with Crippen molar-refractivity contribution in [2.45, 2.75) is 37.8 Å². The quantitative estimate of drug-likeness (QED) is 0.544. The third kappa shape index (κ3) is 4.64. The molecule has 0 saturated carbocycles. The van der Waals surface area contributed by atoms with E-state index in [4.69, 9.17) is 18.9 Å². The van der Waals surface area contributed by atoms with Gasteiger partial charge in [-0.25, -0.2) is 4.79 Å². The summed E-state index contributed by atoms with van der Waals surface area (Å²) in [5.74, 6) is -1.35. The predicted octanol–water partition coefficient (Wildman–Crippen LogP) is 2.96. The molecule has 5 heteroatoms. The Balaban J connectivity index is 2.12. The van der Waals surface area contributed by atoms with E-state index >= 15 is 0 Å². The average Bonchev–Trinajstić information content (AvgIpc) is 3.02. The van der Waals surface area contributed by atoms with Crippen molar-refractivity contribution in [1.82, 2.24) is 0 Å². The van der Waals surface area contributed by atoms with Gasteiger partial charge in [0.15, 0.2) is 6.10 Å². The molecule has 0 aliphatic carbocycles. The molecule has 126 valence electrons. The normalized spacial score (nSPS) is 19.0. The number of hydrogen-bond donors (Lipinski definition) is 0. The van der Waals surface area contributed by atoms with E-state index in [0.29, 0.717) is 31.6 Å². The molecule has 0 unspecified atom stereocenters. The lowest BCUT2D eigenvalue weighted by molar-refractivity contribution is -0.214. The number of benzene rings is 1. The van der Waals surface area contributed by atoms with Crippen LogP contribution in [0.5, 0.6) is 0 Å². The first-order valence-corrected chi connectivity index (χ1v) is 7.76. The molecule has 2 atom stereocenters. The van der Waals surface area contributed by atoms with Gasteiger partial charge in [-0.15, -0.1) is 6.58 Å². The molecule has 1 saturated heterocycles. The highest BCUT2D eigenvalue weighted by Crippen LogP contribution is 2.30. The van der Waals surface area contributed by atoms with E-state index in [9.17, 15) is 4.79 Å². The van der Waals surface area contributed by atoms with Gasteiger partial charge in [0.2, 0.25) is 5.79 Å². The first-order chi connectivity index (χ1) is 11.1. The summed E-state index contributed by atoms with van der Waals surface area (Å²) in [6, 6.07) is 8.88. The van der Waals surface area contributed by atoms with Gasteiger partial charge in [-0.1, -0.05) is 24.3 Å². The van der Waals surface area contributed by atoms with Crippen molar-refractivity contribution in [2.24, 2.45) is 0 Å². The lowest BCUT2D eigenvalue weighted by Gasteiger charge is -2.33. The largest absolute Gasteiger partial charge is 0.453 e. The van der Waals surface area contributed by atoms with E-state index in [1.807, 2.05) is 6.07 Å². The molecule has 2 rings (SSSR count). The van der Waals surface area contributed by atoms with Crippen molar-refractivity contribution in [3.05, 3.63) is 48.6 Å². The second kappa shape index (κ2) is 8.24. The summed E-state index contributed by atoms with van der Waals surface area (Å²) >= 11 is 0. The highest BCUT2D eigenvalue weighted by Gasteiger charge is 2.43. The topological polar surface area (TPSA) is 54.0 Å². The summed E-state index contributed by atoms with van der Waals surface area (Å²) in [4.78, 5) is 12.4. The molecule has 0 radical (unpaired) electrons. The Labute approximate surface area is 137 Å². The fourth-order valence-electron chi connectivity index (χ4n) is 2.57. The number of carbonyl (C=O) groups is 1. The van der Waals surface area contributed by atoms with Crippen LogP contribution in [0.3, 0.4) is 0 Å². The highest BCUT2D eigenvalue weighted by atomic mass is 16.8. The minimum atomic E-state index is -0.956. The molecular weight excluding hydrogens is 296 g/mol. The Kier molecular flexibility index (Phi) is 6.33. The van der Waals surface area contributed by atoms with Crippen LogP contribution in [-0.2, 0) is 18.9 Å². The Morgan fingerprint density at radius 2 is 2.00 bits per heavy atom. The third-order valence-corrected chi connectivity index (χ3v) is 3.94. The molecule has 0 spiro atoms. The molecule has 23 heavy (non-hydrogen) atoms. The van der Waals surface area contributed by atoms with Gasteiger partial charge in [-0.3, -0.25) is 0 Å². The second-order valence-corrected chi connectivity index (χ2v) is 5.59. The lowest BCUT2D eigenvalue weighted by Crippen LogP contribution is -2.45. The van der Waals surface area contributed by atoms with Gasteiger partial charge in [-0.2, -0.15) is 0 Å². The number of ether oxygens (including phenoxy) is 4. The molecule has 5 nitrogen and oxygen atoms in total. The summed E-state index contributed by atoms with van der Waals surface area (Å²) in [7, 11) is 1.63. The minimum Gasteiger partial charge on any atom is -0.453 e. The van der Waals surface area contributed by atoms with E-state index in [1.165, 1.54) is 0 Å². The smallest absolute Gasteiger partial charge is 0.338 e. The van der Waals surface area contributed by atoms with E-state index in [-0.39, 0.29) is 6.10 Å². The van der Waals surface area contributed by atoms with Crippen LogP contribution in [0, 0.1) is 0 Å². The van der Waals surface area contributed by atoms with Crippen molar-refractivity contribution in [1.29, 1.82) is 0 Å². The van der Waals surface area contributed by atoms with Gasteiger partial charge in [-0.05, 0) is 25.5 Å². The van der Waals surface area contributed by atoms with Crippen LogP contribution in [0.25, 0.3) is 0 Å². The van der Waals surface area contributed by atoms with Gasteiger partial charge >= 0.3 is 5.97 Å². The maximum Gasteiger partial charge on any atom is 0.338 e. The van der Waals surface area contributed by atoms with E-state index < -0.39 is 17.9 Å². The van der Waals surface area contributed by atoms with Crippen LogP contribution >= 0.6 is 0 Å². The third-order valence-electron chi connectivity index (χ3n) is 3.94. The number of carbonyl (C=O) groups excluding carboxylic acids is 1. The Morgan fingerprint density at radius 1 is 1.35 bits per heavy atom. The summed E-state index contributed by atoms with van der Waals surface area (Å²) < 4.78 is 22.5. The number of methoxy groups -OCH3 is 1. The first-order valence-electron chi connectivity index (χ1n) is 7.76. The van der Waals surface area contributed by atoms with Crippen molar-refractivity contribution in [3.63, 3.8) is 0 Å². The van der Waals surface area contributed by atoms with Crippen LogP contribution in [0.4, 0.5) is 0 Å². The molecule has 1 aliphatic rings. The molecule has 1 aliphatic heterocycles. The zero-order valence-corrected chi connectivity index (χ0v) is 13.7. The fourth-order valence-corrected chi connectivity index (χ4v) is 2.57. The highest BCUT2D eigenvalue weighted by molar-refractivity contribution is 5.89. The average molecular weight is 320 g/mol. The van der Waals surface area contributed by atoms with Crippen molar-refractivity contribution in [3.8, 4) is 0 Å². The van der Waals surface area contributed by atoms with Crippen LogP contribution in [0.2, 0.25) is 0 Å². The maximum absolute atomic E-state index is 12.4. The number of rotatable bonds is 8. The Hall–Kier alpha value is -1.69. The Bertz CT molecular complexity index is 507. The van der Waals surface area contributed by atoms with Crippen LogP contribution in [-0.4, -0.2) is 44.3 Å². The van der Waals surface area contributed by atoms with Gasteiger partial charge < -0.3 is 18.9 Å². The molecule has 1 heterocycles. The molecular formula is C18H24O5. The molecule has 0 amide bonds. The zero-order valence-electron chi connectivity index (χ0n) is 13.7. The molecule has 1 aromatic rings. The fraction of sp³-hybridized carbons (Fsp3) is 0.500. The minimum absolute atomic E-state index is 0.120. The van der Waals surface area contributed by atoms with Gasteiger partial charge in [0, 0.05) is 13.5 Å². The summed E-state index contributed by atoms with van der Waals surface area (Å²) in [6.07, 6.45) is 2.22. The van der Waals surface area contributed by atoms with Crippen molar-refractivity contribution >= 4 is 5.97 Å².